The van der Waals surface area contributed by atoms with E-state index in [4.69, 9.17) is 16.2 Å². The molecular weight excluding hydrogens is 276 g/mol. The molecule has 9 nitrogen and oxygen atoms in total. The van der Waals surface area contributed by atoms with Gasteiger partial charge in [0, 0.05) is 0 Å². The van der Waals surface area contributed by atoms with Crippen LogP contribution in [0.3, 0.4) is 0 Å². The zero-order valence-electron chi connectivity index (χ0n) is 11.3. The van der Waals surface area contributed by atoms with Gasteiger partial charge in [0.05, 0.1) is 12.4 Å². The van der Waals surface area contributed by atoms with Crippen LogP contribution < -0.4 is 11.5 Å². The van der Waals surface area contributed by atoms with E-state index in [1.54, 1.807) is 4.57 Å². The monoisotopic (exact) mass is 294 g/mol. The average molecular weight is 294 g/mol. The standard InChI is InChI=1S/C12H18N6O3/c13-3-1-2-6-8(19)9(20)12(21-6)18-5-17-7-10(14)15-4-16-11(7)18/h4-6,8-9,12,19-20H,1-3,13H2,(H2,14,15,16)/t6-,8-,9-,12-/m1/s1. The molecule has 2 aromatic heterocycles. The SMILES string of the molecule is NCCC[C@H]1O[C@@H](n2cnc3c(N)ncnc32)[C@H](O)[C@@H]1O. The van der Waals surface area contributed by atoms with Crippen molar-refractivity contribution in [1.29, 1.82) is 0 Å². The molecule has 1 fully saturated rings. The first-order valence-electron chi connectivity index (χ1n) is 6.78. The van der Waals surface area contributed by atoms with Crippen molar-refractivity contribution >= 4 is 17.0 Å². The van der Waals surface area contributed by atoms with E-state index in [0.717, 1.165) is 0 Å². The smallest absolute Gasteiger partial charge is 0.167 e. The molecule has 114 valence electrons. The molecule has 0 spiro atoms. The molecule has 1 aliphatic heterocycles. The summed E-state index contributed by atoms with van der Waals surface area (Å²) in [6.07, 6.45) is 0.809. The number of aliphatic hydroxyl groups excluding tert-OH is 2. The number of hydrogen-bond donors (Lipinski definition) is 4. The molecule has 0 unspecified atom stereocenters. The Morgan fingerprint density at radius 3 is 2.81 bits per heavy atom. The van der Waals surface area contributed by atoms with Crippen LogP contribution in [0.2, 0.25) is 0 Å². The first-order valence-corrected chi connectivity index (χ1v) is 6.78. The summed E-state index contributed by atoms with van der Waals surface area (Å²) in [5.41, 5.74) is 12.1. The lowest BCUT2D eigenvalue weighted by molar-refractivity contribution is -0.0371. The van der Waals surface area contributed by atoms with Gasteiger partial charge in [-0.25, -0.2) is 15.0 Å². The molecule has 0 radical (unpaired) electrons. The molecule has 9 heteroatoms. The fraction of sp³-hybridized carbons (Fsp3) is 0.583. The Morgan fingerprint density at radius 1 is 1.24 bits per heavy atom. The molecule has 4 atom stereocenters. The number of hydrogen-bond acceptors (Lipinski definition) is 8. The second-order valence-electron chi connectivity index (χ2n) is 5.06. The van der Waals surface area contributed by atoms with Gasteiger partial charge in [0.15, 0.2) is 17.7 Å². The van der Waals surface area contributed by atoms with Gasteiger partial charge in [0.2, 0.25) is 0 Å². The second-order valence-corrected chi connectivity index (χ2v) is 5.06. The first-order chi connectivity index (χ1) is 10.1. The van der Waals surface area contributed by atoms with E-state index < -0.39 is 24.5 Å². The van der Waals surface area contributed by atoms with Crippen molar-refractivity contribution in [3.8, 4) is 0 Å². The molecule has 3 rings (SSSR count). The van der Waals surface area contributed by atoms with E-state index >= 15 is 0 Å². The van der Waals surface area contributed by atoms with Gasteiger partial charge < -0.3 is 26.4 Å². The number of ether oxygens (including phenoxy) is 1. The van der Waals surface area contributed by atoms with Crippen LogP contribution in [0.25, 0.3) is 11.2 Å². The number of aliphatic hydroxyl groups is 2. The Kier molecular flexibility index (Phi) is 3.72. The molecule has 1 saturated heterocycles. The van der Waals surface area contributed by atoms with Gasteiger partial charge in [-0.15, -0.1) is 0 Å². The minimum Gasteiger partial charge on any atom is -0.388 e. The summed E-state index contributed by atoms with van der Waals surface area (Å²) in [4.78, 5) is 12.1. The van der Waals surface area contributed by atoms with Gasteiger partial charge in [0.1, 0.15) is 24.1 Å². The number of rotatable bonds is 4. The van der Waals surface area contributed by atoms with Crippen molar-refractivity contribution in [2.45, 2.75) is 37.4 Å². The van der Waals surface area contributed by atoms with Gasteiger partial charge in [-0.1, -0.05) is 0 Å². The fourth-order valence-electron chi connectivity index (χ4n) is 2.57. The van der Waals surface area contributed by atoms with Crippen molar-refractivity contribution in [3.05, 3.63) is 12.7 Å². The van der Waals surface area contributed by atoms with Gasteiger partial charge in [-0.2, -0.15) is 0 Å². The third-order valence-corrected chi connectivity index (χ3v) is 3.69. The highest BCUT2D eigenvalue weighted by molar-refractivity contribution is 5.81. The van der Waals surface area contributed by atoms with E-state index in [9.17, 15) is 10.2 Å². The summed E-state index contributed by atoms with van der Waals surface area (Å²) < 4.78 is 7.31. The summed E-state index contributed by atoms with van der Waals surface area (Å²) >= 11 is 0. The zero-order valence-corrected chi connectivity index (χ0v) is 11.3. The number of nitrogens with two attached hydrogens (primary N) is 2. The Balaban J connectivity index is 1.90. The molecule has 6 N–H and O–H groups in total. The van der Waals surface area contributed by atoms with E-state index in [1.165, 1.54) is 12.7 Å². The maximum absolute atomic E-state index is 10.2. The molecule has 21 heavy (non-hydrogen) atoms. The molecule has 0 aliphatic carbocycles. The minimum absolute atomic E-state index is 0.256. The van der Waals surface area contributed by atoms with E-state index in [1.807, 2.05) is 0 Å². The topological polar surface area (TPSA) is 145 Å². The van der Waals surface area contributed by atoms with Crippen LogP contribution in [-0.4, -0.2) is 54.6 Å². The van der Waals surface area contributed by atoms with Crippen LogP contribution in [0.5, 0.6) is 0 Å². The number of aromatic nitrogens is 4. The van der Waals surface area contributed by atoms with E-state index in [2.05, 4.69) is 15.0 Å². The number of nitrogens with zero attached hydrogens (tertiary/aromatic N) is 4. The lowest BCUT2D eigenvalue weighted by Gasteiger charge is -2.16. The van der Waals surface area contributed by atoms with Crippen molar-refractivity contribution in [3.63, 3.8) is 0 Å². The maximum Gasteiger partial charge on any atom is 0.167 e. The highest BCUT2D eigenvalue weighted by Gasteiger charge is 2.43. The second kappa shape index (κ2) is 5.53. The maximum atomic E-state index is 10.2. The summed E-state index contributed by atoms with van der Waals surface area (Å²) in [6, 6.07) is 0. The van der Waals surface area contributed by atoms with Crippen LogP contribution in [0, 0.1) is 0 Å². The number of imidazole rings is 1. The van der Waals surface area contributed by atoms with E-state index in [0.29, 0.717) is 30.6 Å². The van der Waals surface area contributed by atoms with E-state index in [-0.39, 0.29) is 5.82 Å². The number of fused-ring (bicyclic) bond motifs is 1. The van der Waals surface area contributed by atoms with Gasteiger partial charge in [-0.3, -0.25) is 4.57 Å². The Hall–Kier alpha value is -1.81. The third kappa shape index (κ3) is 2.33. The zero-order chi connectivity index (χ0) is 15.0. The van der Waals surface area contributed by atoms with Crippen molar-refractivity contribution in [1.82, 2.24) is 19.5 Å². The van der Waals surface area contributed by atoms with Crippen molar-refractivity contribution in [2.75, 3.05) is 12.3 Å². The van der Waals surface area contributed by atoms with Gasteiger partial charge in [0.25, 0.3) is 0 Å². The van der Waals surface area contributed by atoms with Crippen LogP contribution in [0.15, 0.2) is 12.7 Å². The summed E-state index contributed by atoms with van der Waals surface area (Å²) in [5.74, 6) is 0.256. The molecular formula is C12H18N6O3. The van der Waals surface area contributed by atoms with Gasteiger partial charge in [-0.05, 0) is 19.4 Å². The minimum atomic E-state index is -1.07. The molecule has 0 amide bonds. The average Bonchev–Trinajstić information content (AvgIpc) is 3.02. The third-order valence-electron chi connectivity index (χ3n) is 3.69. The summed E-state index contributed by atoms with van der Waals surface area (Å²) in [6.45, 7) is 0.505. The summed E-state index contributed by atoms with van der Waals surface area (Å²) in [7, 11) is 0. The molecule has 0 bridgehead atoms. The van der Waals surface area contributed by atoms with Crippen molar-refractivity contribution in [2.24, 2.45) is 5.73 Å². The Bertz CT molecular complexity index is 632. The van der Waals surface area contributed by atoms with Crippen LogP contribution in [0.4, 0.5) is 5.82 Å². The quantitative estimate of drug-likeness (QED) is 0.548. The molecule has 0 aromatic carbocycles. The molecule has 2 aromatic rings. The van der Waals surface area contributed by atoms with Crippen LogP contribution in [0.1, 0.15) is 19.1 Å². The predicted octanol–water partition coefficient (Wildman–Crippen LogP) is -1.23. The number of nitrogen functional groups attached to an aromatic ring is 1. The van der Waals surface area contributed by atoms with Crippen molar-refractivity contribution < 1.29 is 14.9 Å². The molecule has 3 heterocycles. The largest absolute Gasteiger partial charge is 0.388 e. The fourth-order valence-corrected chi connectivity index (χ4v) is 2.57. The van der Waals surface area contributed by atoms with Crippen LogP contribution in [-0.2, 0) is 4.74 Å². The number of anilines is 1. The van der Waals surface area contributed by atoms with Crippen LogP contribution >= 0.6 is 0 Å². The first kappa shape index (κ1) is 14.1. The summed E-state index contributed by atoms with van der Waals surface area (Å²) in [5, 5.41) is 20.3. The highest BCUT2D eigenvalue weighted by atomic mass is 16.6. The molecule has 1 aliphatic rings. The van der Waals surface area contributed by atoms with Gasteiger partial charge >= 0.3 is 0 Å². The highest BCUT2D eigenvalue weighted by Crippen LogP contribution is 2.33. The lowest BCUT2D eigenvalue weighted by atomic mass is 10.1. The molecule has 0 saturated carbocycles. The Labute approximate surface area is 120 Å². The lowest BCUT2D eigenvalue weighted by Crippen LogP contribution is -2.31. The predicted molar refractivity (Wildman–Crippen MR) is 73.9 cm³/mol. The Morgan fingerprint density at radius 2 is 2.05 bits per heavy atom. The normalized spacial score (nSPS) is 29.3.